The van der Waals surface area contributed by atoms with Crippen LogP contribution in [0.1, 0.15) is 54.8 Å². The molecule has 3 rings (SSSR count). The number of carboxylic acids is 1. The van der Waals surface area contributed by atoms with Crippen molar-refractivity contribution in [2.24, 2.45) is 0 Å². The van der Waals surface area contributed by atoms with Crippen LogP contribution in [-0.2, 0) is 35.2 Å². The van der Waals surface area contributed by atoms with Crippen LogP contribution in [0.4, 0.5) is 31.1 Å². The van der Waals surface area contributed by atoms with Gasteiger partial charge in [-0.05, 0) is 38.8 Å². The second-order valence-corrected chi connectivity index (χ2v) is 9.61. The number of aromatic nitrogens is 2. The van der Waals surface area contributed by atoms with Crippen LogP contribution in [0, 0.1) is 17.5 Å². The molecular weight excluding hydrogens is 562 g/mol. The minimum absolute atomic E-state index is 0. The standard InChI is InChI=1S/C23H24F6N4O5.ClH/c1-22(2,3)38-21(37)30-12(6-11-7-14(25)15(26)9-13(11)24)8-17(34)32-4-5-33-16(10-32)18(19(35)36)31-20(33)23(27,28)29;/h7,9,12H,4-6,8,10H2,1-3H3,(H,30,37)(H,35,36);1H/t12-;/m1./s1. The highest BCUT2D eigenvalue weighted by molar-refractivity contribution is 5.87. The molecule has 1 aliphatic heterocycles. The van der Waals surface area contributed by atoms with Gasteiger partial charge in [-0.1, -0.05) is 0 Å². The van der Waals surface area contributed by atoms with Crippen LogP contribution in [0.5, 0.6) is 0 Å². The van der Waals surface area contributed by atoms with Gasteiger partial charge in [0.15, 0.2) is 17.3 Å². The third-order valence-electron chi connectivity index (χ3n) is 5.51. The second-order valence-electron chi connectivity index (χ2n) is 9.61. The number of alkyl carbamates (subject to hydrolysis) is 1. The first-order valence-corrected chi connectivity index (χ1v) is 11.3. The van der Waals surface area contributed by atoms with Gasteiger partial charge in [-0.25, -0.2) is 27.7 Å². The summed E-state index contributed by atoms with van der Waals surface area (Å²) in [4.78, 5) is 41.2. The first-order valence-electron chi connectivity index (χ1n) is 11.3. The third kappa shape index (κ3) is 7.77. The number of carboxylic acid groups (broad SMARTS) is 1. The highest BCUT2D eigenvalue weighted by Gasteiger charge is 2.42. The molecule has 9 nitrogen and oxygen atoms in total. The number of imidazole rings is 1. The number of alkyl halides is 3. The first-order chi connectivity index (χ1) is 17.5. The number of amides is 2. The average molecular weight is 587 g/mol. The number of halogens is 7. The summed E-state index contributed by atoms with van der Waals surface area (Å²) in [6.07, 6.45) is -6.91. The van der Waals surface area contributed by atoms with Gasteiger partial charge in [0.05, 0.1) is 12.2 Å². The van der Waals surface area contributed by atoms with E-state index in [1.807, 2.05) is 0 Å². The number of fused-ring (bicyclic) bond motifs is 1. The smallest absolute Gasteiger partial charge is 0.449 e. The maximum absolute atomic E-state index is 14.3. The van der Waals surface area contributed by atoms with Gasteiger partial charge in [-0.15, -0.1) is 12.4 Å². The predicted octanol–water partition coefficient (Wildman–Crippen LogP) is 4.31. The van der Waals surface area contributed by atoms with Crippen LogP contribution in [0.2, 0.25) is 0 Å². The maximum Gasteiger partial charge on any atom is 0.449 e. The van der Waals surface area contributed by atoms with Crippen molar-refractivity contribution in [3.05, 3.63) is 52.4 Å². The molecule has 39 heavy (non-hydrogen) atoms. The van der Waals surface area contributed by atoms with Crippen molar-refractivity contribution in [3.8, 4) is 0 Å². The van der Waals surface area contributed by atoms with E-state index in [-0.39, 0.29) is 30.2 Å². The number of hydrogen-bond acceptors (Lipinski definition) is 5. The van der Waals surface area contributed by atoms with Crippen LogP contribution in [-0.4, -0.2) is 55.7 Å². The molecule has 16 heteroatoms. The lowest BCUT2D eigenvalue weighted by Gasteiger charge is -2.31. The van der Waals surface area contributed by atoms with Crippen molar-refractivity contribution < 1.29 is 50.6 Å². The van der Waals surface area contributed by atoms with E-state index < -0.39 is 90.7 Å². The van der Waals surface area contributed by atoms with E-state index in [2.05, 4.69) is 10.3 Å². The number of aromatic carboxylic acids is 1. The van der Waals surface area contributed by atoms with E-state index in [9.17, 15) is 45.8 Å². The minimum Gasteiger partial charge on any atom is -0.476 e. The predicted molar refractivity (Wildman–Crippen MR) is 125 cm³/mol. The Kier molecular flexibility index (Phi) is 9.53. The van der Waals surface area contributed by atoms with Crippen molar-refractivity contribution in [1.82, 2.24) is 19.8 Å². The molecule has 1 aromatic carbocycles. The van der Waals surface area contributed by atoms with E-state index >= 15 is 0 Å². The van der Waals surface area contributed by atoms with Gasteiger partial charge >= 0.3 is 18.2 Å². The summed E-state index contributed by atoms with van der Waals surface area (Å²) in [7, 11) is 0. The van der Waals surface area contributed by atoms with Crippen LogP contribution < -0.4 is 5.32 Å². The Labute approximate surface area is 224 Å². The van der Waals surface area contributed by atoms with Crippen LogP contribution >= 0.6 is 12.4 Å². The summed E-state index contributed by atoms with van der Waals surface area (Å²) in [6.45, 7) is 3.51. The topological polar surface area (TPSA) is 114 Å². The fourth-order valence-electron chi connectivity index (χ4n) is 3.94. The molecule has 0 radical (unpaired) electrons. The highest BCUT2D eigenvalue weighted by atomic mass is 35.5. The zero-order valence-corrected chi connectivity index (χ0v) is 21.7. The Morgan fingerprint density at radius 2 is 1.69 bits per heavy atom. The number of carbonyl (C=O) groups excluding carboxylic acids is 2. The number of nitrogens with zero attached hydrogens (tertiary/aromatic N) is 3. The fraction of sp³-hybridized carbons (Fsp3) is 0.478. The van der Waals surface area contributed by atoms with E-state index in [1.54, 1.807) is 20.8 Å². The van der Waals surface area contributed by atoms with Gasteiger partial charge in [0.1, 0.15) is 11.4 Å². The molecule has 0 fully saturated rings. The molecule has 2 heterocycles. The summed E-state index contributed by atoms with van der Waals surface area (Å²) < 4.78 is 87.1. The van der Waals surface area contributed by atoms with Crippen molar-refractivity contribution in [3.63, 3.8) is 0 Å². The summed E-state index contributed by atoms with van der Waals surface area (Å²) in [5.41, 5.74) is -2.49. The van der Waals surface area contributed by atoms with E-state index in [0.717, 1.165) is 4.90 Å². The van der Waals surface area contributed by atoms with Crippen LogP contribution in [0.25, 0.3) is 0 Å². The largest absolute Gasteiger partial charge is 0.476 e. The number of hydrogen-bond donors (Lipinski definition) is 2. The SMILES string of the molecule is CC(C)(C)OC(=O)N[C@@H](CC(=O)N1CCn2c(C(F)(F)F)nc(C(=O)O)c2C1)Cc1cc(F)c(F)cc1F.Cl. The Hall–Kier alpha value is -3.49. The molecule has 0 saturated heterocycles. The van der Waals surface area contributed by atoms with Gasteiger partial charge in [0.25, 0.3) is 0 Å². The Bertz CT molecular complexity index is 1260. The molecule has 0 aliphatic carbocycles. The van der Waals surface area contributed by atoms with Gasteiger partial charge in [-0.3, -0.25) is 4.79 Å². The number of carbonyl (C=O) groups is 3. The lowest BCUT2D eigenvalue weighted by molar-refractivity contribution is -0.148. The molecule has 1 aromatic heterocycles. The molecule has 0 spiro atoms. The Morgan fingerprint density at radius 3 is 2.26 bits per heavy atom. The monoisotopic (exact) mass is 586 g/mol. The molecule has 2 amide bonds. The Balaban J connectivity index is 0.00000533. The van der Waals surface area contributed by atoms with E-state index in [4.69, 9.17) is 4.74 Å². The van der Waals surface area contributed by atoms with Crippen molar-refractivity contribution in [1.29, 1.82) is 0 Å². The van der Waals surface area contributed by atoms with Crippen LogP contribution in [0.15, 0.2) is 12.1 Å². The van der Waals surface area contributed by atoms with Crippen LogP contribution in [0.3, 0.4) is 0 Å². The molecule has 0 unspecified atom stereocenters. The van der Waals surface area contributed by atoms with Gasteiger partial charge in [0.2, 0.25) is 11.7 Å². The molecule has 216 valence electrons. The van der Waals surface area contributed by atoms with Gasteiger partial charge < -0.3 is 24.6 Å². The summed E-state index contributed by atoms with van der Waals surface area (Å²) in [5, 5.41) is 11.7. The van der Waals surface area contributed by atoms with E-state index in [0.29, 0.717) is 16.7 Å². The molecule has 0 bridgehead atoms. The second kappa shape index (κ2) is 11.7. The lowest BCUT2D eigenvalue weighted by atomic mass is 10.0. The minimum atomic E-state index is -4.93. The average Bonchev–Trinajstić information content (AvgIpc) is 3.15. The zero-order chi connectivity index (χ0) is 28.6. The number of rotatable bonds is 6. The fourth-order valence-corrected chi connectivity index (χ4v) is 3.94. The zero-order valence-electron chi connectivity index (χ0n) is 20.9. The lowest BCUT2D eigenvalue weighted by Crippen LogP contribution is -2.45. The number of benzene rings is 1. The normalized spacial score (nSPS) is 14.2. The molecule has 2 N–H and O–H groups in total. The summed E-state index contributed by atoms with van der Waals surface area (Å²) in [6, 6.07) is -0.307. The molecule has 2 aromatic rings. The summed E-state index contributed by atoms with van der Waals surface area (Å²) >= 11 is 0. The van der Waals surface area contributed by atoms with E-state index in [1.165, 1.54) is 0 Å². The molecule has 1 aliphatic rings. The Morgan fingerprint density at radius 1 is 1.08 bits per heavy atom. The molecular formula is C23H25ClF6N4O5. The first kappa shape index (κ1) is 31.7. The van der Waals surface area contributed by atoms with Gasteiger partial charge in [0, 0.05) is 31.6 Å². The third-order valence-corrected chi connectivity index (χ3v) is 5.51. The number of ether oxygens (including phenoxy) is 1. The molecule has 0 saturated carbocycles. The van der Waals surface area contributed by atoms with Crippen molar-refractivity contribution >= 4 is 30.4 Å². The van der Waals surface area contributed by atoms with Crippen molar-refractivity contribution in [2.45, 2.75) is 64.5 Å². The van der Waals surface area contributed by atoms with Gasteiger partial charge in [-0.2, -0.15) is 13.2 Å². The maximum atomic E-state index is 14.3. The molecule has 1 atom stereocenters. The summed E-state index contributed by atoms with van der Waals surface area (Å²) in [5.74, 6) is -7.76. The highest BCUT2D eigenvalue weighted by Crippen LogP contribution is 2.32. The van der Waals surface area contributed by atoms with Crippen molar-refractivity contribution in [2.75, 3.05) is 6.54 Å². The number of nitrogens with one attached hydrogen (secondary N) is 1. The quantitative estimate of drug-likeness (QED) is 0.385.